The average Bonchev–Trinajstić information content (AvgIpc) is 2.38. The van der Waals surface area contributed by atoms with E-state index in [9.17, 15) is 14.7 Å². The van der Waals surface area contributed by atoms with Crippen molar-refractivity contribution >= 4 is 30.0 Å². The number of hydrogen-bond donors (Lipinski definition) is 2. The topological polar surface area (TPSA) is 69.6 Å². The van der Waals surface area contributed by atoms with E-state index in [2.05, 4.69) is 5.32 Å². The number of hydrogen-bond acceptors (Lipinski definition) is 3. The van der Waals surface area contributed by atoms with Gasteiger partial charge in [0.25, 0.3) is 0 Å². The second kappa shape index (κ2) is 7.43. The molecule has 1 aromatic rings. The average molecular weight is 313 g/mol. The van der Waals surface area contributed by atoms with Crippen LogP contribution in [0.15, 0.2) is 18.2 Å². The normalized spacial score (nSPS) is 15.5. The second-order valence-corrected chi connectivity index (χ2v) is 5.11. The van der Waals surface area contributed by atoms with Gasteiger partial charge in [0.05, 0.1) is 0 Å². The molecule has 6 heteroatoms. The summed E-state index contributed by atoms with van der Waals surface area (Å²) in [7, 11) is 0. The van der Waals surface area contributed by atoms with Gasteiger partial charge in [-0.25, -0.2) is 0 Å². The van der Waals surface area contributed by atoms with E-state index in [1.807, 2.05) is 30.0 Å². The van der Waals surface area contributed by atoms with E-state index in [0.717, 1.165) is 23.2 Å². The van der Waals surface area contributed by atoms with E-state index in [1.165, 1.54) is 6.92 Å². The van der Waals surface area contributed by atoms with Gasteiger partial charge < -0.3 is 10.4 Å². The summed E-state index contributed by atoms with van der Waals surface area (Å²) in [6.07, 6.45) is 1.35. The monoisotopic (exact) mass is 312 g/mol. The molecular weight excluding hydrogens is 292 g/mol. The molecule has 1 unspecified atom stereocenters. The number of amides is 1. The van der Waals surface area contributed by atoms with E-state index in [1.54, 1.807) is 0 Å². The smallest absolute Gasteiger partial charge is 0.320 e. The first-order valence-corrected chi connectivity index (χ1v) is 6.88. The third kappa shape index (κ3) is 3.95. The minimum Gasteiger partial charge on any atom is -0.480 e. The Balaban J connectivity index is 0.00000220. The number of carboxylic acid groups (broad SMARTS) is 1. The Morgan fingerprint density at radius 2 is 2.14 bits per heavy atom. The lowest BCUT2D eigenvalue weighted by Gasteiger charge is -2.33. The third-order valence-corrected chi connectivity index (χ3v) is 3.72. The molecule has 116 valence electrons. The molecule has 0 fully saturated rings. The number of nitrogens with zero attached hydrogens (tertiary/aromatic N) is 1. The fourth-order valence-corrected chi connectivity index (χ4v) is 2.79. The van der Waals surface area contributed by atoms with Crippen LogP contribution in [-0.4, -0.2) is 34.5 Å². The Morgan fingerprint density at radius 3 is 2.71 bits per heavy atom. The molecule has 0 saturated heterocycles. The zero-order chi connectivity index (χ0) is 14.7. The SMILES string of the molecule is CCC(C(=O)O)N1CCc2c(cccc2NC(C)=O)C1.Cl. The van der Waals surface area contributed by atoms with Gasteiger partial charge in [-0.15, -0.1) is 12.4 Å². The van der Waals surface area contributed by atoms with E-state index < -0.39 is 12.0 Å². The van der Waals surface area contributed by atoms with Gasteiger partial charge in [-0.1, -0.05) is 19.1 Å². The molecule has 0 aromatic heterocycles. The maximum absolute atomic E-state index is 11.3. The van der Waals surface area contributed by atoms with Gasteiger partial charge in [-0.2, -0.15) is 0 Å². The van der Waals surface area contributed by atoms with Gasteiger partial charge in [-0.3, -0.25) is 14.5 Å². The fourth-order valence-electron chi connectivity index (χ4n) is 2.79. The van der Waals surface area contributed by atoms with Crippen molar-refractivity contribution < 1.29 is 14.7 Å². The Bertz CT molecular complexity index is 534. The second-order valence-electron chi connectivity index (χ2n) is 5.11. The van der Waals surface area contributed by atoms with Gasteiger partial charge in [0.15, 0.2) is 0 Å². The Morgan fingerprint density at radius 1 is 1.43 bits per heavy atom. The van der Waals surface area contributed by atoms with Crippen molar-refractivity contribution in [2.45, 2.75) is 39.3 Å². The molecule has 1 aliphatic rings. The van der Waals surface area contributed by atoms with Crippen LogP contribution in [-0.2, 0) is 22.6 Å². The molecule has 2 N–H and O–H groups in total. The lowest BCUT2D eigenvalue weighted by atomic mass is 9.96. The summed E-state index contributed by atoms with van der Waals surface area (Å²) in [4.78, 5) is 24.5. The quantitative estimate of drug-likeness (QED) is 0.895. The van der Waals surface area contributed by atoms with Gasteiger partial charge in [0.2, 0.25) is 5.91 Å². The highest BCUT2D eigenvalue weighted by molar-refractivity contribution is 5.89. The van der Waals surface area contributed by atoms with Crippen LogP contribution in [0, 0.1) is 0 Å². The van der Waals surface area contributed by atoms with Gasteiger partial charge in [0, 0.05) is 25.7 Å². The molecule has 1 aromatic carbocycles. The van der Waals surface area contributed by atoms with Crippen LogP contribution in [0.1, 0.15) is 31.4 Å². The van der Waals surface area contributed by atoms with E-state index in [-0.39, 0.29) is 18.3 Å². The van der Waals surface area contributed by atoms with Gasteiger partial charge in [0.1, 0.15) is 6.04 Å². The minimum absolute atomic E-state index is 0. The minimum atomic E-state index is -0.769. The van der Waals surface area contributed by atoms with Crippen LogP contribution in [0.2, 0.25) is 0 Å². The fraction of sp³-hybridized carbons (Fsp3) is 0.467. The molecule has 1 aliphatic heterocycles. The number of rotatable bonds is 4. The number of fused-ring (bicyclic) bond motifs is 1. The molecule has 2 rings (SSSR count). The molecular formula is C15H21ClN2O3. The Hall–Kier alpha value is -1.59. The van der Waals surface area contributed by atoms with Crippen molar-refractivity contribution in [3.05, 3.63) is 29.3 Å². The number of aliphatic carboxylic acids is 1. The molecule has 1 heterocycles. The first kappa shape index (κ1) is 17.5. The van der Waals surface area contributed by atoms with Crippen LogP contribution in [0.25, 0.3) is 0 Å². The summed E-state index contributed by atoms with van der Waals surface area (Å²) in [6, 6.07) is 5.36. The predicted octanol–water partition coefficient (Wildman–Crippen LogP) is 2.29. The summed E-state index contributed by atoms with van der Waals surface area (Å²) >= 11 is 0. The van der Waals surface area contributed by atoms with Crippen LogP contribution < -0.4 is 5.32 Å². The molecule has 5 nitrogen and oxygen atoms in total. The summed E-state index contributed by atoms with van der Waals surface area (Å²) in [5, 5.41) is 12.1. The largest absolute Gasteiger partial charge is 0.480 e. The third-order valence-electron chi connectivity index (χ3n) is 3.72. The highest BCUT2D eigenvalue weighted by atomic mass is 35.5. The number of nitrogens with one attached hydrogen (secondary N) is 1. The van der Waals surface area contributed by atoms with Crippen LogP contribution in [0.4, 0.5) is 5.69 Å². The number of halogens is 1. The van der Waals surface area contributed by atoms with Crippen molar-refractivity contribution in [3.63, 3.8) is 0 Å². The molecule has 21 heavy (non-hydrogen) atoms. The molecule has 0 saturated carbocycles. The van der Waals surface area contributed by atoms with Crippen molar-refractivity contribution in [1.29, 1.82) is 0 Å². The lowest BCUT2D eigenvalue weighted by Crippen LogP contribution is -2.43. The summed E-state index contributed by atoms with van der Waals surface area (Å²) < 4.78 is 0. The summed E-state index contributed by atoms with van der Waals surface area (Å²) in [5.74, 6) is -0.855. The summed E-state index contributed by atoms with van der Waals surface area (Å²) in [6.45, 7) is 4.70. The standard InChI is InChI=1S/C15H20N2O3.ClH/c1-3-14(15(19)20)17-8-7-12-11(9-17)5-4-6-13(12)16-10(2)18;/h4-6,14H,3,7-9H2,1-2H3,(H,16,18)(H,19,20);1H. The molecule has 0 spiro atoms. The first-order valence-electron chi connectivity index (χ1n) is 6.88. The molecule has 0 aliphatic carbocycles. The zero-order valence-corrected chi connectivity index (χ0v) is 13.1. The molecule has 1 amide bonds. The lowest BCUT2D eigenvalue weighted by molar-refractivity contribution is -0.143. The highest BCUT2D eigenvalue weighted by Crippen LogP contribution is 2.27. The van der Waals surface area contributed by atoms with E-state index >= 15 is 0 Å². The number of carbonyl (C=O) groups is 2. The van der Waals surface area contributed by atoms with E-state index in [4.69, 9.17) is 0 Å². The first-order chi connectivity index (χ1) is 9.52. The molecule has 0 radical (unpaired) electrons. The van der Waals surface area contributed by atoms with E-state index in [0.29, 0.717) is 19.5 Å². The van der Waals surface area contributed by atoms with Crippen molar-refractivity contribution in [2.75, 3.05) is 11.9 Å². The number of benzene rings is 1. The Kier molecular flexibility index (Phi) is 6.18. The van der Waals surface area contributed by atoms with Gasteiger partial charge >= 0.3 is 5.97 Å². The number of anilines is 1. The summed E-state index contributed by atoms with van der Waals surface area (Å²) in [5.41, 5.74) is 3.07. The Labute approximate surface area is 130 Å². The van der Waals surface area contributed by atoms with Crippen molar-refractivity contribution in [2.24, 2.45) is 0 Å². The number of carboxylic acids is 1. The van der Waals surface area contributed by atoms with Crippen molar-refractivity contribution in [1.82, 2.24) is 4.90 Å². The maximum atomic E-state index is 11.3. The predicted molar refractivity (Wildman–Crippen MR) is 83.8 cm³/mol. The highest BCUT2D eigenvalue weighted by Gasteiger charge is 2.28. The van der Waals surface area contributed by atoms with Crippen LogP contribution >= 0.6 is 12.4 Å². The maximum Gasteiger partial charge on any atom is 0.320 e. The van der Waals surface area contributed by atoms with Crippen LogP contribution in [0.5, 0.6) is 0 Å². The number of carbonyl (C=O) groups excluding carboxylic acids is 1. The van der Waals surface area contributed by atoms with Gasteiger partial charge in [-0.05, 0) is 30.0 Å². The molecule has 0 bridgehead atoms. The van der Waals surface area contributed by atoms with Crippen molar-refractivity contribution in [3.8, 4) is 0 Å². The van der Waals surface area contributed by atoms with Crippen LogP contribution in [0.3, 0.4) is 0 Å². The molecule has 1 atom stereocenters. The zero-order valence-electron chi connectivity index (χ0n) is 12.3.